The van der Waals surface area contributed by atoms with E-state index in [1.165, 1.54) is 0 Å². The zero-order valence-corrected chi connectivity index (χ0v) is 11.5. The first-order valence-electron chi connectivity index (χ1n) is 6.09. The molecule has 0 saturated carbocycles. The molecular weight excluding hydrogens is 227 g/mol. The summed E-state index contributed by atoms with van der Waals surface area (Å²) in [5, 5.41) is 0. The second-order valence-corrected chi connectivity index (χ2v) is 5.75. The van der Waals surface area contributed by atoms with Gasteiger partial charge in [-0.05, 0) is 24.7 Å². The molecule has 0 spiro atoms. The first kappa shape index (κ1) is 16.1. The lowest BCUT2D eigenvalue weighted by atomic mass is 9.76. The van der Waals surface area contributed by atoms with E-state index < -0.39 is 7.82 Å². The van der Waals surface area contributed by atoms with Gasteiger partial charge in [0, 0.05) is 0 Å². The van der Waals surface area contributed by atoms with E-state index in [2.05, 4.69) is 20.8 Å². The van der Waals surface area contributed by atoms with Crippen LogP contribution < -0.4 is 0 Å². The molecule has 0 heterocycles. The Morgan fingerprint density at radius 1 is 1.00 bits per heavy atom. The fourth-order valence-corrected chi connectivity index (χ4v) is 2.85. The topological polar surface area (TPSA) is 66.8 Å². The first-order valence-corrected chi connectivity index (χ1v) is 7.62. The minimum Gasteiger partial charge on any atom is -0.303 e. The summed E-state index contributed by atoms with van der Waals surface area (Å²) in [6.07, 6.45) is 5.96. The molecular formula is C11H25O4P. The van der Waals surface area contributed by atoms with Crippen LogP contribution in [0.1, 0.15) is 59.3 Å². The van der Waals surface area contributed by atoms with Crippen LogP contribution in [0.3, 0.4) is 0 Å². The summed E-state index contributed by atoms with van der Waals surface area (Å²) in [5.74, 6) is 0. The van der Waals surface area contributed by atoms with Gasteiger partial charge in [-0.3, -0.25) is 4.52 Å². The zero-order valence-electron chi connectivity index (χ0n) is 10.6. The Morgan fingerprint density at radius 2 is 1.38 bits per heavy atom. The van der Waals surface area contributed by atoms with Gasteiger partial charge < -0.3 is 9.79 Å². The highest BCUT2D eigenvalue weighted by atomic mass is 31.2. The summed E-state index contributed by atoms with van der Waals surface area (Å²) < 4.78 is 15.5. The highest BCUT2D eigenvalue weighted by Crippen LogP contribution is 2.43. The second-order valence-electron chi connectivity index (χ2n) is 4.51. The van der Waals surface area contributed by atoms with Gasteiger partial charge in [0.05, 0.1) is 6.61 Å². The quantitative estimate of drug-likeness (QED) is 0.616. The third-order valence-electron chi connectivity index (χ3n) is 2.88. The largest absolute Gasteiger partial charge is 0.469 e. The highest BCUT2D eigenvalue weighted by Gasteiger charge is 2.30. The Balaban J connectivity index is 4.52. The van der Waals surface area contributed by atoms with Gasteiger partial charge in [-0.2, -0.15) is 0 Å². The second kappa shape index (κ2) is 7.44. The molecule has 0 fully saturated rings. The van der Waals surface area contributed by atoms with Gasteiger partial charge in [0.1, 0.15) is 0 Å². The predicted molar refractivity (Wildman–Crippen MR) is 65.2 cm³/mol. The molecule has 98 valence electrons. The highest BCUT2D eigenvalue weighted by molar-refractivity contribution is 7.46. The molecule has 0 aromatic carbocycles. The van der Waals surface area contributed by atoms with Crippen LogP contribution in [0, 0.1) is 5.41 Å². The van der Waals surface area contributed by atoms with Gasteiger partial charge >= 0.3 is 7.82 Å². The molecule has 0 bridgehead atoms. The molecule has 16 heavy (non-hydrogen) atoms. The van der Waals surface area contributed by atoms with Crippen LogP contribution in [0.2, 0.25) is 0 Å². The molecule has 0 saturated heterocycles. The molecule has 0 rings (SSSR count). The Bertz CT molecular complexity index is 207. The average Bonchev–Trinajstić information content (AvgIpc) is 2.15. The van der Waals surface area contributed by atoms with Gasteiger partial charge in [-0.25, -0.2) is 4.57 Å². The maximum atomic E-state index is 10.8. The third kappa shape index (κ3) is 6.64. The summed E-state index contributed by atoms with van der Waals surface area (Å²) in [4.78, 5) is 17.5. The van der Waals surface area contributed by atoms with Crippen LogP contribution in [-0.4, -0.2) is 16.4 Å². The van der Waals surface area contributed by atoms with E-state index in [-0.39, 0.29) is 12.0 Å². The Hall–Kier alpha value is 0.110. The smallest absolute Gasteiger partial charge is 0.303 e. The number of rotatable bonds is 9. The molecule has 0 atom stereocenters. The Kier molecular flexibility index (Phi) is 7.49. The maximum absolute atomic E-state index is 10.8. The molecule has 5 heteroatoms. The van der Waals surface area contributed by atoms with Crippen LogP contribution in [0.25, 0.3) is 0 Å². The Morgan fingerprint density at radius 3 is 1.62 bits per heavy atom. The van der Waals surface area contributed by atoms with Gasteiger partial charge in [-0.1, -0.05) is 40.0 Å². The fraction of sp³-hybridized carbons (Fsp3) is 1.00. The average molecular weight is 252 g/mol. The standard InChI is InChI=1S/C11H25O4P/c1-4-7-11(8-5-2,9-6-3)10-15-16(12,13)14/h4-10H2,1-3H3,(H2,12,13,14). The van der Waals surface area contributed by atoms with E-state index >= 15 is 0 Å². The van der Waals surface area contributed by atoms with Crippen molar-refractivity contribution < 1.29 is 18.9 Å². The van der Waals surface area contributed by atoms with Gasteiger partial charge in [0.25, 0.3) is 0 Å². The molecule has 0 radical (unpaired) electrons. The molecule has 0 aliphatic heterocycles. The fourth-order valence-electron chi connectivity index (χ4n) is 2.40. The van der Waals surface area contributed by atoms with E-state index in [0.717, 1.165) is 38.5 Å². The predicted octanol–water partition coefficient (Wildman–Crippen LogP) is 3.48. The number of phosphoric ester groups is 1. The van der Waals surface area contributed by atoms with Crippen molar-refractivity contribution in [3.63, 3.8) is 0 Å². The third-order valence-corrected chi connectivity index (χ3v) is 3.35. The van der Waals surface area contributed by atoms with E-state index in [0.29, 0.717) is 0 Å². The van der Waals surface area contributed by atoms with Crippen molar-refractivity contribution in [1.82, 2.24) is 0 Å². The van der Waals surface area contributed by atoms with E-state index in [4.69, 9.17) is 14.3 Å². The van der Waals surface area contributed by atoms with E-state index in [1.54, 1.807) is 0 Å². The van der Waals surface area contributed by atoms with Crippen molar-refractivity contribution in [3.8, 4) is 0 Å². The van der Waals surface area contributed by atoms with Crippen LogP contribution in [-0.2, 0) is 9.09 Å². The number of phosphoric acid groups is 1. The molecule has 0 aromatic rings. The SMILES string of the molecule is CCCC(CCC)(CCC)COP(=O)(O)O. The summed E-state index contributed by atoms with van der Waals surface area (Å²) in [7, 11) is -4.33. The molecule has 0 aromatic heterocycles. The van der Waals surface area contributed by atoms with Crippen LogP contribution in [0.4, 0.5) is 0 Å². The van der Waals surface area contributed by atoms with Gasteiger partial charge in [-0.15, -0.1) is 0 Å². The van der Waals surface area contributed by atoms with Crippen LogP contribution in [0.15, 0.2) is 0 Å². The van der Waals surface area contributed by atoms with Gasteiger partial charge in [0.15, 0.2) is 0 Å². The number of hydrogen-bond donors (Lipinski definition) is 2. The summed E-state index contributed by atoms with van der Waals surface area (Å²) >= 11 is 0. The molecule has 2 N–H and O–H groups in total. The van der Waals surface area contributed by atoms with E-state index in [9.17, 15) is 4.57 Å². The lowest BCUT2D eigenvalue weighted by Crippen LogP contribution is -2.26. The summed E-state index contributed by atoms with van der Waals surface area (Å²) in [6, 6.07) is 0. The molecule has 4 nitrogen and oxygen atoms in total. The monoisotopic (exact) mass is 252 g/mol. The lowest BCUT2D eigenvalue weighted by Gasteiger charge is -2.33. The first-order chi connectivity index (χ1) is 7.39. The van der Waals surface area contributed by atoms with Crippen molar-refractivity contribution in [2.75, 3.05) is 6.61 Å². The molecule has 0 amide bonds. The van der Waals surface area contributed by atoms with Crippen molar-refractivity contribution in [2.45, 2.75) is 59.3 Å². The maximum Gasteiger partial charge on any atom is 0.469 e. The molecule has 0 aliphatic carbocycles. The van der Waals surface area contributed by atoms with Crippen molar-refractivity contribution in [1.29, 1.82) is 0 Å². The minimum absolute atomic E-state index is 0.0562. The van der Waals surface area contributed by atoms with Crippen molar-refractivity contribution in [3.05, 3.63) is 0 Å². The summed E-state index contributed by atoms with van der Waals surface area (Å²) in [6.45, 7) is 6.46. The van der Waals surface area contributed by atoms with Crippen LogP contribution >= 0.6 is 7.82 Å². The molecule has 0 aliphatic rings. The summed E-state index contributed by atoms with van der Waals surface area (Å²) in [5.41, 5.74) is -0.0562. The van der Waals surface area contributed by atoms with Crippen molar-refractivity contribution in [2.24, 2.45) is 5.41 Å². The van der Waals surface area contributed by atoms with Crippen LogP contribution in [0.5, 0.6) is 0 Å². The van der Waals surface area contributed by atoms with Crippen molar-refractivity contribution >= 4 is 7.82 Å². The van der Waals surface area contributed by atoms with Gasteiger partial charge in [0.2, 0.25) is 0 Å². The number of hydrogen-bond acceptors (Lipinski definition) is 2. The molecule has 0 unspecified atom stereocenters. The normalized spacial score (nSPS) is 13.1. The minimum atomic E-state index is -4.33. The zero-order chi connectivity index (χ0) is 12.7. The van der Waals surface area contributed by atoms with E-state index in [1.807, 2.05) is 0 Å². The Labute approximate surface area is 98.6 Å². The lowest BCUT2D eigenvalue weighted by molar-refractivity contribution is 0.0807.